The number of nitrogens with zero attached hydrogens (tertiary/aromatic N) is 4. The maximum Gasteiger partial charge on any atom is 0.256 e. The summed E-state index contributed by atoms with van der Waals surface area (Å²) in [4.78, 5) is 12.3. The van der Waals surface area contributed by atoms with Gasteiger partial charge in [-0.25, -0.2) is 0 Å². The molecule has 0 aromatic heterocycles. The Morgan fingerprint density at radius 3 is 1.44 bits per heavy atom. The minimum absolute atomic E-state index is 0.154. The molecule has 8 heteroatoms. The molecular formula is C78H61B2N4OS. The van der Waals surface area contributed by atoms with Gasteiger partial charge in [0.2, 0.25) is 0 Å². The molecular weight excluding hydrogens is 1060 g/mol. The number of benzene rings is 12. The van der Waals surface area contributed by atoms with Crippen LogP contribution in [-0.4, -0.2) is 14.0 Å². The van der Waals surface area contributed by atoms with Gasteiger partial charge in [-0.3, -0.25) is 0 Å². The second-order valence-corrected chi connectivity index (χ2v) is 24.1. The average molecular weight is 1120 g/mol. The number of fused-ring (bicyclic) bond motifs is 6. The summed E-state index contributed by atoms with van der Waals surface area (Å²) >= 11 is 1.87. The largest absolute Gasteiger partial charge is 0.458 e. The van der Waals surface area contributed by atoms with E-state index in [1.54, 1.807) is 0 Å². The standard InChI is InChI=1S/C78H61B2N4OS/c1-50-26-23-27-51(2)76(50)81(57-34-13-8-14-35-57)60-45-69-75-71(46-60)85-70-43-22-20-41-64(70)80(75)65-48-63-72(49-67(65)84(69)66-42-21-19-40-62(66)56-32-11-7-12-33-56)86-73-47-61(82(58-36-15-9-16-37-58)77-52(3)28-24-29-53(77)4)44-68(74(73)79-63)83(59-38-17-10-18-39-59)78-54(5)30-25-31-55(78)6/h7-49H,1-6H3. The van der Waals surface area contributed by atoms with E-state index < -0.39 is 0 Å². The van der Waals surface area contributed by atoms with Crippen molar-refractivity contribution < 1.29 is 4.74 Å². The van der Waals surface area contributed by atoms with E-state index in [0.717, 1.165) is 90.4 Å². The van der Waals surface area contributed by atoms with E-state index in [-0.39, 0.29) is 6.71 Å². The minimum atomic E-state index is -0.154. The Morgan fingerprint density at radius 2 is 0.860 bits per heavy atom. The molecule has 0 amide bonds. The first-order valence-electron chi connectivity index (χ1n) is 29.7. The predicted molar refractivity (Wildman–Crippen MR) is 366 cm³/mol. The van der Waals surface area contributed by atoms with E-state index in [1.165, 1.54) is 70.9 Å². The van der Waals surface area contributed by atoms with Gasteiger partial charge in [0.05, 0.1) is 28.4 Å². The number of rotatable bonds is 11. The Kier molecular flexibility index (Phi) is 13.3. The molecule has 5 nitrogen and oxygen atoms in total. The summed E-state index contributed by atoms with van der Waals surface area (Å²) in [6.45, 7) is 13.2. The van der Waals surface area contributed by atoms with Gasteiger partial charge in [-0.15, -0.1) is 0 Å². The summed E-state index contributed by atoms with van der Waals surface area (Å²) in [5.74, 6) is 1.71. The molecule has 0 saturated carbocycles. The Morgan fingerprint density at radius 1 is 0.372 bits per heavy atom. The van der Waals surface area contributed by atoms with Crippen LogP contribution in [0.4, 0.5) is 68.2 Å². The minimum Gasteiger partial charge on any atom is -0.458 e. The van der Waals surface area contributed by atoms with Crippen molar-refractivity contribution in [1.82, 2.24) is 0 Å². The van der Waals surface area contributed by atoms with Gasteiger partial charge in [0.15, 0.2) is 7.28 Å². The third-order valence-electron chi connectivity index (χ3n) is 17.4. The van der Waals surface area contributed by atoms with Gasteiger partial charge in [0.1, 0.15) is 11.5 Å². The Hall–Kier alpha value is -9.88. The van der Waals surface area contributed by atoms with Crippen LogP contribution >= 0.6 is 11.8 Å². The molecule has 411 valence electrons. The normalized spacial score (nSPS) is 12.4. The van der Waals surface area contributed by atoms with E-state index in [2.05, 4.69) is 329 Å². The topological polar surface area (TPSA) is 22.2 Å². The zero-order valence-corrected chi connectivity index (χ0v) is 49.9. The summed E-state index contributed by atoms with van der Waals surface area (Å²) in [6.07, 6.45) is 0. The third kappa shape index (κ3) is 8.98. The molecule has 0 unspecified atom stereocenters. The average Bonchev–Trinajstić information content (AvgIpc) is 0.763. The zero-order chi connectivity index (χ0) is 58.2. The van der Waals surface area contributed by atoms with Crippen molar-refractivity contribution in [2.75, 3.05) is 19.6 Å². The molecule has 86 heavy (non-hydrogen) atoms. The van der Waals surface area contributed by atoms with Crippen LogP contribution in [-0.2, 0) is 0 Å². The van der Waals surface area contributed by atoms with Crippen LogP contribution in [0.5, 0.6) is 11.5 Å². The SMILES string of the molecule is Cc1cccc(C)c1N(c1ccccc1)c1cc2c(c(N(c3ccccc3)c3c(C)cccc3C)c1)[B]c1cc3c(cc1S2)N(c1ccccc1-c1ccccc1)c1cc(N(c2ccccc2)c2c(C)cccc2C)cc2c1B3c1ccccc1O2. The number of aryl methyl sites for hydroxylation is 6. The van der Waals surface area contributed by atoms with Crippen molar-refractivity contribution in [3.05, 3.63) is 294 Å². The number of para-hydroxylation sites is 8. The van der Waals surface area contributed by atoms with Gasteiger partial charge < -0.3 is 24.3 Å². The van der Waals surface area contributed by atoms with Crippen molar-refractivity contribution in [3.63, 3.8) is 0 Å². The molecule has 12 aromatic rings. The highest BCUT2D eigenvalue weighted by Crippen LogP contribution is 2.51. The number of hydrogen-bond donors (Lipinski definition) is 0. The van der Waals surface area contributed by atoms with Gasteiger partial charge in [-0.2, -0.15) is 0 Å². The summed E-state index contributed by atoms with van der Waals surface area (Å²) < 4.78 is 7.30. The van der Waals surface area contributed by atoms with Gasteiger partial charge in [-0.05, 0) is 175 Å². The molecule has 0 aliphatic carbocycles. The molecule has 12 aromatic carbocycles. The maximum absolute atomic E-state index is 7.30. The van der Waals surface area contributed by atoms with Crippen molar-refractivity contribution in [1.29, 1.82) is 0 Å². The summed E-state index contributed by atoms with van der Waals surface area (Å²) in [6, 6.07) is 95.5. The molecule has 0 spiro atoms. The zero-order valence-electron chi connectivity index (χ0n) is 49.1. The first kappa shape index (κ1) is 52.9. The van der Waals surface area contributed by atoms with E-state index in [4.69, 9.17) is 4.74 Å². The Labute approximate surface area is 510 Å². The van der Waals surface area contributed by atoms with E-state index in [0.29, 0.717) is 0 Å². The van der Waals surface area contributed by atoms with Crippen molar-refractivity contribution in [2.45, 2.75) is 51.3 Å². The first-order valence-corrected chi connectivity index (χ1v) is 30.5. The van der Waals surface area contributed by atoms with Crippen LogP contribution in [0.2, 0.25) is 0 Å². The van der Waals surface area contributed by atoms with Crippen molar-refractivity contribution >= 4 is 121 Å². The summed E-state index contributed by atoms with van der Waals surface area (Å²) in [5, 5.41) is 0. The molecule has 0 saturated heterocycles. The van der Waals surface area contributed by atoms with Crippen LogP contribution in [0.3, 0.4) is 0 Å². The molecule has 3 aliphatic rings. The van der Waals surface area contributed by atoms with E-state index in [1.807, 2.05) is 11.8 Å². The van der Waals surface area contributed by atoms with Crippen molar-refractivity contribution in [2.24, 2.45) is 0 Å². The number of anilines is 12. The summed E-state index contributed by atoms with van der Waals surface area (Å²) in [7, 11) is 2.48. The second-order valence-electron chi connectivity index (χ2n) is 23.0. The Balaban J connectivity index is 1.01. The lowest BCUT2D eigenvalue weighted by Gasteiger charge is -2.42. The summed E-state index contributed by atoms with van der Waals surface area (Å²) in [5.41, 5.74) is 28.6. The molecule has 3 aliphatic heterocycles. The fourth-order valence-electron chi connectivity index (χ4n) is 13.7. The third-order valence-corrected chi connectivity index (χ3v) is 18.6. The lowest BCUT2D eigenvalue weighted by molar-refractivity contribution is 0.487. The highest BCUT2D eigenvalue weighted by Gasteiger charge is 2.44. The Bertz CT molecular complexity index is 4550. The fraction of sp³-hybridized carbons (Fsp3) is 0.0769. The van der Waals surface area contributed by atoms with Crippen LogP contribution in [0.15, 0.2) is 271 Å². The highest BCUT2D eigenvalue weighted by molar-refractivity contribution is 8.00. The molecule has 0 bridgehead atoms. The van der Waals surface area contributed by atoms with Crippen LogP contribution < -0.4 is 51.7 Å². The predicted octanol–water partition coefficient (Wildman–Crippen LogP) is 18.1. The second kappa shape index (κ2) is 21.6. The first-order chi connectivity index (χ1) is 42.2. The highest BCUT2D eigenvalue weighted by atomic mass is 32.2. The fourth-order valence-corrected chi connectivity index (χ4v) is 14.8. The van der Waals surface area contributed by atoms with Gasteiger partial charge in [0, 0.05) is 61.2 Å². The number of ether oxygens (including phenoxy) is 1. The lowest BCUT2D eigenvalue weighted by Crippen LogP contribution is -2.60. The molecule has 1 radical (unpaired) electrons. The van der Waals surface area contributed by atoms with Gasteiger partial charge >= 0.3 is 0 Å². The van der Waals surface area contributed by atoms with E-state index >= 15 is 0 Å². The van der Waals surface area contributed by atoms with Gasteiger partial charge in [-0.1, -0.05) is 199 Å². The molecule has 15 rings (SSSR count). The van der Waals surface area contributed by atoms with E-state index in [9.17, 15) is 0 Å². The molecule has 0 atom stereocenters. The van der Waals surface area contributed by atoms with Crippen LogP contribution in [0, 0.1) is 41.5 Å². The molecule has 0 fully saturated rings. The molecule has 3 heterocycles. The van der Waals surface area contributed by atoms with Crippen LogP contribution in [0.25, 0.3) is 11.1 Å². The maximum atomic E-state index is 7.30. The monoisotopic (exact) mass is 1120 g/mol. The lowest BCUT2D eigenvalue weighted by atomic mass is 9.33. The van der Waals surface area contributed by atoms with Crippen molar-refractivity contribution in [3.8, 4) is 22.6 Å². The number of hydrogen-bond acceptors (Lipinski definition) is 6. The van der Waals surface area contributed by atoms with Crippen LogP contribution in [0.1, 0.15) is 33.4 Å². The molecule has 0 N–H and O–H groups in total. The quantitative estimate of drug-likeness (QED) is 0.120. The van der Waals surface area contributed by atoms with Gasteiger partial charge in [0.25, 0.3) is 6.71 Å². The smallest absolute Gasteiger partial charge is 0.256 e.